The number of benzene rings is 2. The van der Waals surface area contributed by atoms with Gasteiger partial charge in [0.25, 0.3) is 5.91 Å². The maximum atomic E-state index is 13.1. The van der Waals surface area contributed by atoms with Gasteiger partial charge in [0.05, 0.1) is 31.6 Å². The van der Waals surface area contributed by atoms with E-state index in [-0.39, 0.29) is 11.7 Å². The van der Waals surface area contributed by atoms with Gasteiger partial charge in [0, 0.05) is 10.9 Å². The third kappa shape index (κ3) is 4.46. The smallest absolute Gasteiger partial charge is 0.344 e. The Labute approximate surface area is 176 Å². The molecule has 1 aliphatic rings. The van der Waals surface area contributed by atoms with E-state index in [0.29, 0.717) is 17.5 Å². The largest absolute Gasteiger partial charge is 0.416 e. The van der Waals surface area contributed by atoms with Gasteiger partial charge >= 0.3 is 5.63 Å². The average molecular weight is 406 g/mol. The molecule has 2 heterocycles. The van der Waals surface area contributed by atoms with Gasteiger partial charge in [-0.1, -0.05) is 48.0 Å². The maximum Gasteiger partial charge on any atom is 0.344 e. The van der Waals surface area contributed by atoms with Crippen LogP contribution >= 0.6 is 0 Å². The van der Waals surface area contributed by atoms with E-state index in [9.17, 15) is 9.59 Å². The number of amides is 1. The lowest BCUT2D eigenvalue weighted by molar-refractivity contribution is -0.898. The van der Waals surface area contributed by atoms with Gasteiger partial charge in [0.2, 0.25) is 5.76 Å². The first-order chi connectivity index (χ1) is 14.6. The average Bonchev–Trinajstić information content (AvgIpc) is 3.03. The van der Waals surface area contributed by atoms with Gasteiger partial charge in [-0.3, -0.25) is 4.79 Å². The molecule has 2 N–H and O–H groups in total. The summed E-state index contributed by atoms with van der Waals surface area (Å²) < 4.78 is 5.56. The molecule has 0 bridgehead atoms. The SMILES string of the molecule is Cc1ccc(-c2c(C(=O)NCC[NH+]3CCCCCC3)oc(=O)c3ccccc23)cc1. The van der Waals surface area contributed by atoms with E-state index >= 15 is 0 Å². The number of hydrogen-bond acceptors (Lipinski definition) is 3. The van der Waals surface area contributed by atoms with E-state index in [0.717, 1.165) is 36.1 Å². The number of likely N-dealkylation sites (tertiary alicyclic amines) is 1. The first kappa shape index (κ1) is 20.4. The van der Waals surface area contributed by atoms with Gasteiger partial charge in [-0.2, -0.15) is 0 Å². The molecule has 1 fully saturated rings. The summed E-state index contributed by atoms with van der Waals surface area (Å²) in [5, 5.41) is 4.21. The van der Waals surface area contributed by atoms with Crippen LogP contribution in [0, 0.1) is 6.92 Å². The van der Waals surface area contributed by atoms with Crippen LogP contribution < -0.4 is 15.8 Å². The molecule has 5 nitrogen and oxygen atoms in total. The van der Waals surface area contributed by atoms with Crippen molar-refractivity contribution in [3.8, 4) is 11.1 Å². The first-order valence-electron chi connectivity index (χ1n) is 10.9. The van der Waals surface area contributed by atoms with Crippen molar-refractivity contribution in [2.24, 2.45) is 0 Å². The minimum Gasteiger partial charge on any atom is -0.416 e. The normalized spacial score (nSPS) is 15.1. The molecule has 0 radical (unpaired) electrons. The quantitative estimate of drug-likeness (QED) is 0.686. The number of aryl methyl sites for hydroxylation is 1. The summed E-state index contributed by atoms with van der Waals surface area (Å²) in [6.45, 7) is 5.80. The molecule has 4 rings (SSSR count). The molecule has 2 aromatic carbocycles. The van der Waals surface area contributed by atoms with Crippen LogP contribution in [-0.4, -0.2) is 32.1 Å². The van der Waals surface area contributed by atoms with Gasteiger partial charge < -0.3 is 14.6 Å². The molecule has 30 heavy (non-hydrogen) atoms. The Kier molecular flexibility index (Phi) is 6.29. The maximum absolute atomic E-state index is 13.1. The number of carbonyl (C=O) groups excluding carboxylic acids is 1. The first-order valence-corrected chi connectivity index (χ1v) is 10.9. The molecule has 5 heteroatoms. The Bertz CT molecular complexity index is 1080. The fraction of sp³-hybridized carbons (Fsp3) is 0.360. The number of carbonyl (C=O) groups is 1. The van der Waals surface area contributed by atoms with Gasteiger partial charge in [0.1, 0.15) is 0 Å². The number of fused-ring (bicyclic) bond motifs is 1. The summed E-state index contributed by atoms with van der Waals surface area (Å²) in [4.78, 5) is 27.1. The molecular formula is C25H29N2O3+. The van der Waals surface area contributed by atoms with Crippen molar-refractivity contribution in [2.45, 2.75) is 32.6 Å². The zero-order chi connectivity index (χ0) is 20.9. The fourth-order valence-corrected chi connectivity index (χ4v) is 4.28. The van der Waals surface area contributed by atoms with E-state index in [1.54, 1.807) is 6.07 Å². The second-order valence-electron chi connectivity index (χ2n) is 8.18. The third-order valence-corrected chi connectivity index (χ3v) is 5.96. The molecule has 156 valence electrons. The lowest BCUT2D eigenvalue weighted by Gasteiger charge is -2.17. The van der Waals surface area contributed by atoms with Crippen molar-refractivity contribution in [1.82, 2.24) is 5.32 Å². The molecule has 1 amide bonds. The molecule has 0 aliphatic carbocycles. The predicted molar refractivity (Wildman–Crippen MR) is 119 cm³/mol. The highest BCUT2D eigenvalue weighted by atomic mass is 16.4. The second-order valence-corrected chi connectivity index (χ2v) is 8.18. The molecule has 0 saturated carbocycles. The highest BCUT2D eigenvalue weighted by molar-refractivity contribution is 6.07. The van der Waals surface area contributed by atoms with E-state index in [1.807, 2.05) is 49.4 Å². The molecule has 0 spiro atoms. The standard InChI is InChI=1S/C25H28N2O3/c1-18-10-12-19(13-11-18)22-20-8-4-5-9-21(20)25(29)30-23(22)24(28)26-14-17-27-15-6-2-3-7-16-27/h4-5,8-13H,2-3,6-7,14-17H2,1H3,(H,26,28)/p+1. The lowest BCUT2D eigenvalue weighted by Crippen LogP contribution is -3.12. The number of rotatable bonds is 5. The highest BCUT2D eigenvalue weighted by Crippen LogP contribution is 2.30. The van der Waals surface area contributed by atoms with E-state index < -0.39 is 5.63 Å². The van der Waals surface area contributed by atoms with Gasteiger partial charge in [-0.25, -0.2) is 4.79 Å². The Morgan fingerprint density at radius 2 is 1.63 bits per heavy atom. The van der Waals surface area contributed by atoms with E-state index in [4.69, 9.17) is 4.42 Å². The highest BCUT2D eigenvalue weighted by Gasteiger charge is 2.21. The summed E-state index contributed by atoms with van der Waals surface area (Å²) in [5.41, 5.74) is 2.19. The van der Waals surface area contributed by atoms with E-state index in [1.165, 1.54) is 30.6 Å². The van der Waals surface area contributed by atoms with Crippen molar-refractivity contribution < 1.29 is 14.1 Å². The minimum atomic E-state index is -0.482. The lowest BCUT2D eigenvalue weighted by atomic mass is 9.97. The number of nitrogens with one attached hydrogen (secondary N) is 2. The molecule has 0 atom stereocenters. The van der Waals surface area contributed by atoms with Crippen LogP contribution in [0.4, 0.5) is 0 Å². The summed E-state index contributed by atoms with van der Waals surface area (Å²) in [6, 6.07) is 15.2. The Morgan fingerprint density at radius 1 is 0.967 bits per heavy atom. The van der Waals surface area contributed by atoms with Crippen LogP contribution in [-0.2, 0) is 0 Å². The summed E-state index contributed by atoms with van der Waals surface area (Å²) in [5.74, 6) is -0.240. The summed E-state index contributed by atoms with van der Waals surface area (Å²) in [6.07, 6.45) is 5.11. The van der Waals surface area contributed by atoms with E-state index in [2.05, 4.69) is 5.32 Å². The predicted octanol–water partition coefficient (Wildman–Crippen LogP) is 2.96. The number of quaternary nitrogens is 1. The fourth-order valence-electron chi connectivity index (χ4n) is 4.28. The molecular weight excluding hydrogens is 376 g/mol. The van der Waals surface area contributed by atoms with Gasteiger partial charge in [0.15, 0.2) is 0 Å². The monoisotopic (exact) mass is 405 g/mol. The molecule has 1 aromatic heterocycles. The van der Waals surface area contributed by atoms with Crippen molar-refractivity contribution >= 4 is 16.7 Å². The Balaban J connectivity index is 1.64. The minimum absolute atomic E-state index is 0.0911. The third-order valence-electron chi connectivity index (χ3n) is 5.96. The topological polar surface area (TPSA) is 63.8 Å². The molecule has 0 unspecified atom stereocenters. The molecule has 3 aromatic rings. The van der Waals surface area contributed by atoms with Crippen LogP contribution in [0.3, 0.4) is 0 Å². The second kappa shape index (κ2) is 9.26. The van der Waals surface area contributed by atoms with Gasteiger partial charge in [-0.05, 0) is 44.2 Å². The summed E-state index contributed by atoms with van der Waals surface area (Å²) in [7, 11) is 0. The molecule has 1 aliphatic heterocycles. The van der Waals surface area contributed by atoms with Crippen LogP contribution in [0.2, 0.25) is 0 Å². The Morgan fingerprint density at radius 3 is 2.33 bits per heavy atom. The van der Waals surface area contributed by atoms with Crippen molar-refractivity contribution in [1.29, 1.82) is 0 Å². The van der Waals surface area contributed by atoms with Crippen LogP contribution in [0.15, 0.2) is 57.7 Å². The molecule has 1 saturated heterocycles. The van der Waals surface area contributed by atoms with Crippen molar-refractivity contribution in [3.05, 3.63) is 70.3 Å². The van der Waals surface area contributed by atoms with Crippen LogP contribution in [0.25, 0.3) is 21.9 Å². The van der Waals surface area contributed by atoms with Crippen molar-refractivity contribution in [3.63, 3.8) is 0 Å². The zero-order valence-electron chi connectivity index (χ0n) is 17.5. The van der Waals surface area contributed by atoms with Crippen molar-refractivity contribution in [2.75, 3.05) is 26.2 Å². The van der Waals surface area contributed by atoms with Gasteiger partial charge in [-0.15, -0.1) is 0 Å². The zero-order valence-corrected chi connectivity index (χ0v) is 17.5. The summed E-state index contributed by atoms with van der Waals surface area (Å²) >= 11 is 0. The Hall–Kier alpha value is -2.92. The van der Waals surface area contributed by atoms with Crippen LogP contribution in [0.5, 0.6) is 0 Å². The number of hydrogen-bond donors (Lipinski definition) is 2. The van der Waals surface area contributed by atoms with Crippen LogP contribution in [0.1, 0.15) is 41.8 Å².